The zero-order chi connectivity index (χ0) is 26.5. The molecule has 1 aromatic carbocycles. The number of benzene rings is 1. The predicted octanol–water partition coefficient (Wildman–Crippen LogP) is 3.41. The van der Waals surface area contributed by atoms with Gasteiger partial charge in [-0.25, -0.2) is 4.79 Å². The minimum atomic E-state index is -0.545. The van der Waals surface area contributed by atoms with Crippen LogP contribution in [0.1, 0.15) is 49.8 Å². The largest absolute Gasteiger partial charge is 0.486 e. The number of nitrogens with one attached hydrogen (secondary N) is 2. The SMILES string of the molecule is CCn1ncc(NC(=O)c2ccc(COc3ccc(C(=O)OC)cc3)o2)c1C(=O)Nc1cnn(C)c1C. The summed E-state index contributed by atoms with van der Waals surface area (Å²) in [6, 6.07) is 9.56. The third-order valence-corrected chi connectivity index (χ3v) is 5.63. The van der Waals surface area contributed by atoms with E-state index in [1.165, 1.54) is 24.1 Å². The lowest BCUT2D eigenvalue weighted by Crippen LogP contribution is -2.21. The minimum absolute atomic E-state index is 0.0401. The van der Waals surface area contributed by atoms with E-state index in [0.717, 1.165) is 5.69 Å². The standard InChI is InChI=1S/C25H26N6O6/c1-5-31-22(24(33)28-19-12-26-30(3)15(19)2)20(13-27-31)29-23(32)21-11-10-18(37-21)14-36-17-8-6-16(7-9-17)25(34)35-4/h6-13H,5,14H2,1-4H3,(H,28,33)(H,29,32). The van der Waals surface area contributed by atoms with Crippen molar-refractivity contribution in [3.8, 4) is 5.75 Å². The minimum Gasteiger partial charge on any atom is -0.486 e. The number of furan rings is 1. The summed E-state index contributed by atoms with van der Waals surface area (Å²) in [7, 11) is 3.09. The summed E-state index contributed by atoms with van der Waals surface area (Å²) in [4.78, 5) is 37.4. The van der Waals surface area contributed by atoms with Crippen molar-refractivity contribution in [2.75, 3.05) is 17.7 Å². The highest BCUT2D eigenvalue weighted by Gasteiger charge is 2.22. The van der Waals surface area contributed by atoms with Gasteiger partial charge in [-0.3, -0.25) is 19.0 Å². The third-order valence-electron chi connectivity index (χ3n) is 5.63. The lowest BCUT2D eigenvalue weighted by atomic mass is 10.2. The van der Waals surface area contributed by atoms with Crippen LogP contribution >= 0.6 is 0 Å². The molecule has 0 saturated carbocycles. The van der Waals surface area contributed by atoms with Gasteiger partial charge in [0.2, 0.25) is 0 Å². The van der Waals surface area contributed by atoms with Gasteiger partial charge < -0.3 is 24.5 Å². The first-order chi connectivity index (χ1) is 17.8. The summed E-state index contributed by atoms with van der Waals surface area (Å²) in [6.07, 6.45) is 2.97. The Bertz CT molecular complexity index is 1430. The number of carbonyl (C=O) groups excluding carboxylic acids is 3. The van der Waals surface area contributed by atoms with E-state index in [1.807, 2.05) is 13.8 Å². The summed E-state index contributed by atoms with van der Waals surface area (Å²) >= 11 is 0. The van der Waals surface area contributed by atoms with Gasteiger partial charge in [-0.2, -0.15) is 10.2 Å². The zero-order valence-corrected chi connectivity index (χ0v) is 20.8. The van der Waals surface area contributed by atoms with E-state index in [9.17, 15) is 14.4 Å². The number of aryl methyl sites for hydroxylation is 2. The number of nitrogens with zero attached hydrogens (tertiary/aromatic N) is 4. The lowest BCUT2D eigenvalue weighted by Gasteiger charge is -2.09. The number of methoxy groups -OCH3 is 1. The van der Waals surface area contributed by atoms with E-state index in [4.69, 9.17) is 9.15 Å². The topological polar surface area (TPSA) is 143 Å². The molecule has 37 heavy (non-hydrogen) atoms. The third kappa shape index (κ3) is 5.53. The Kier molecular flexibility index (Phi) is 7.37. The van der Waals surface area contributed by atoms with Gasteiger partial charge in [0.05, 0.1) is 42.1 Å². The Morgan fingerprint density at radius 2 is 1.68 bits per heavy atom. The molecule has 0 radical (unpaired) electrons. The predicted molar refractivity (Wildman–Crippen MR) is 133 cm³/mol. The number of anilines is 2. The van der Waals surface area contributed by atoms with Crippen LogP contribution in [-0.2, 0) is 24.9 Å². The second kappa shape index (κ2) is 10.8. The van der Waals surface area contributed by atoms with E-state index >= 15 is 0 Å². The summed E-state index contributed by atoms with van der Waals surface area (Å²) in [5, 5.41) is 13.8. The average molecular weight is 507 g/mol. The number of aromatic nitrogens is 4. The quantitative estimate of drug-likeness (QED) is 0.329. The highest BCUT2D eigenvalue weighted by Crippen LogP contribution is 2.21. The van der Waals surface area contributed by atoms with Crippen LogP contribution in [0.5, 0.6) is 5.75 Å². The number of hydrogen-bond acceptors (Lipinski definition) is 8. The number of rotatable bonds is 9. The number of amides is 2. The Labute approximate surface area is 212 Å². The maximum atomic E-state index is 13.0. The fraction of sp³-hybridized carbons (Fsp3) is 0.240. The van der Waals surface area contributed by atoms with Crippen LogP contribution < -0.4 is 15.4 Å². The maximum absolute atomic E-state index is 13.0. The molecule has 0 saturated heterocycles. The highest BCUT2D eigenvalue weighted by atomic mass is 16.5. The number of carbonyl (C=O) groups is 3. The molecule has 0 atom stereocenters. The molecule has 0 bridgehead atoms. The molecule has 0 aliphatic carbocycles. The Hall–Kier alpha value is -4.87. The van der Waals surface area contributed by atoms with Crippen molar-refractivity contribution in [2.45, 2.75) is 27.0 Å². The molecule has 0 aliphatic heterocycles. The average Bonchev–Trinajstić information content (AvgIpc) is 3.63. The van der Waals surface area contributed by atoms with Crippen LogP contribution in [0.25, 0.3) is 0 Å². The molecular weight excluding hydrogens is 480 g/mol. The molecule has 0 unspecified atom stereocenters. The van der Waals surface area contributed by atoms with Gasteiger partial charge in [-0.1, -0.05) is 0 Å². The Morgan fingerprint density at radius 1 is 0.973 bits per heavy atom. The van der Waals surface area contributed by atoms with E-state index in [-0.39, 0.29) is 23.7 Å². The normalized spacial score (nSPS) is 10.7. The molecule has 2 amide bonds. The van der Waals surface area contributed by atoms with Crippen molar-refractivity contribution in [1.82, 2.24) is 19.6 Å². The van der Waals surface area contributed by atoms with Gasteiger partial charge in [0.1, 0.15) is 23.8 Å². The highest BCUT2D eigenvalue weighted by molar-refractivity contribution is 6.11. The molecule has 4 rings (SSSR count). The van der Waals surface area contributed by atoms with Gasteiger partial charge >= 0.3 is 5.97 Å². The molecule has 3 aromatic heterocycles. The van der Waals surface area contributed by atoms with Gasteiger partial charge in [0.15, 0.2) is 5.76 Å². The van der Waals surface area contributed by atoms with Crippen molar-refractivity contribution < 1.29 is 28.3 Å². The van der Waals surface area contributed by atoms with Gasteiger partial charge in [-0.15, -0.1) is 0 Å². The van der Waals surface area contributed by atoms with Crippen LogP contribution in [0, 0.1) is 6.92 Å². The zero-order valence-electron chi connectivity index (χ0n) is 20.8. The lowest BCUT2D eigenvalue weighted by molar-refractivity contribution is 0.0600. The summed E-state index contributed by atoms with van der Waals surface area (Å²) in [5.41, 5.74) is 2.19. The van der Waals surface area contributed by atoms with Crippen molar-refractivity contribution >= 4 is 29.2 Å². The Morgan fingerprint density at radius 3 is 2.32 bits per heavy atom. The molecule has 0 fully saturated rings. The first-order valence-electron chi connectivity index (χ1n) is 11.4. The molecule has 0 aliphatic rings. The molecule has 3 heterocycles. The number of esters is 1. The van der Waals surface area contributed by atoms with Crippen LogP contribution in [0.3, 0.4) is 0 Å². The van der Waals surface area contributed by atoms with Crippen LogP contribution in [0.4, 0.5) is 11.4 Å². The van der Waals surface area contributed by atoms with Crippen LogP contribution in [0.2, 0.25) is 0 Å². The number of ether oxygens (including phenoxy) is 2. The van der Waals surface area contributed by atoms with Crippen molar-refractivity contribution in [2.24, 2.45) is 7.05 Å². The fourth-order valence-corrected chi connectivity index (χ4v) is 3.48. The first-order valence-corrected chi connectivity index (χ1v) is 11.4. The second-order valence-electron chi connectivity index (χ2n) is 7.97. The van der Waals surface area contributed by atoms with E-state index < -0.39 is 17.8 Å². The van der Waals surface area contributed by atoms with Crippen LogP contribution in [0.15, 0.2) is 53.2 Å². The van der Waals surface area contributed by atoms with Crippen molar-refractivity contribution in [1.29, 1.82) is 0 Å². The van der Waals surface area contributed by atoms with Gasteiger partial charge in [0, 0.05) is 13.6 Å². The molecule has 12 heteroatoms. The van der Waals surface area contributed by atoms with Gasteiger partial charge in [-0.05, 0) is 50.2 Å². The van der Waals surface area contributed by atoms with Gasteiger partial charge in [0.25, 0.3) is 11.8 Å². The van der Waals surface area contributed by atoms with E-state index in [1.54, 1.807) is 48.3 Å². The smallest absolute Gasteiger partial charge is 0.337 e. The molecule has 192 valence electrons. The monoisotopic (exact) mass is 506 g/mol. The molecular formula is C25H26N6O6. The first kappa shape index (κ1) is 25.2. The second-order valence-corrected chi connectivity index (χ2v) is 7.97. The van der Waals surface area contributed by atoms with Crippen molar-refractivity contribution in [3.05, 3.63) is 77.3 Å². The molecule has 4 aromatic rings. The molecule has 12 nitrogen and oxygen atoms in total. The van der Waals surface area contributed by atoms with Crippen LogP contribution in [-0.4, -0.2) is 44.5 Å². The fourth-order valence-electron chi connectivity index (χ4n) is 3.48. The molecule has 0 spiro atoms. The maximum Gasteiger partial charge on any atom is 0.337 e. The summed E-state index contributed by atoms with van der Waals surface area (Å²) in [5.74, 6) is -0.449. The van der Waals surface area contributed by atoms with Crippen molar-refractivity contribution in [3.63, 3.8) is 0 Å². The summed E-state index contributed by atoms with van der Waals surface area (Å²) < 4.78 is 19.1. The Balaban J connectivity index is 1.41. The van der Waals surface area contributed by atoms with E-state index in [2.05, 4.69) is 25.6 Å². The summed E-state index contributed by atoms with van der Waals surface area (Å²) in [6.45, 7) is 4.16. The number of hydrogen-bond donors (Lipinski definition) is 2. The molecule has 2 N–H and O–H groups in total. The van der Waals surface area contributed by atoms with E-state index in [0.29, 0.717) is 29.3 Å².